The van der Waals surface area contributed by atoms with Gasteiger partial charge in [-0.05, 0) is 44.5 Å². The van der Waals surface area contributed by atoms with E-state index in [2.05, 4.69) is 46.3 Å². The van der Waals surface area contributed by atoms with Gasteiger partial charge in [0.15, 0.2) is 0 Å². The summed E-state index contributed by atoms with van der Waals surface area (Å²) in [6.07, 6.45) is 4.31. The van der Waals surface area contributed by atoms with Gasteiger partial charge < -0.3 is 5.32 Å². The standard InChI is InChI=1S/C14H17N3/c1-10-3-6-12(7-4-10)17-14-11(9-16-17)5-8-13(14)15-2/h3-4,6-7,9,13,15H,5,8H2,1-2H3. The van der Waals surface area contributed by atoms with Crippen molar-refractivity contribution < 1.29 is 0 Å². The molecule has 2 aromatic rings. The van der Waals surface area contributed by atoms with Gasteiger partial charge in [0, 0.05) is 6.04 Å². The van der Waals surface area contributed by atoms with Gasteiger partial charge in [0.1, 0.15) is 0 Å². The van der Waals surface area contributed by atoms with Crippen LogP contribution in [0.3, 0.4) is 0 Å². The fourth-order valence-corrected chi connectivity index (χ4v) is 2.57. The van der Waals surface area contributed by atoms with Crippen molar-refractivity contribution in [1.82, 2.24) is 15.1 Å². The average Bonchev–Trinajstić information content (AvgIpc) is 2.91. The summed E-state index contributed by atoms with van der Waals surface area (Å²) in [5.41, 5.74) is 5.14. The highest BCUT2D eigenvalue weighted by molar-refractivity contribution is 5.39. The van der Waals surface area contributed by atoms with Gasteiger partial charge >= 0.3 is 0 Å². The van der Waals surface area contributed by atoms with Gasteiger partial charge in [-0.3, -0.25) is 0 Å². The normalized spacial score (nSPS) is 18.4. The Bertz CT molecular complexity index is 525. The summed E-state index contributed by atoms with van der Waals surface area (Å²) in [5.74, 6) is 0. The lowest BCUT2D eigenvalue weighted by Crippen LogP contribution is -2.17. The Labute approximate surface area is 101 Å². The van der Waals surface area contributed by atoms with Gasteiger partial charge in [-0.25, -0.2) is 4.68 Å². The highest BCUT2D eigenvalue weighted by atomic mass is 15.3. The lowest BCUT2D eigenvalue weighted by Gasteiger charge is -2.13. The molecule has 1 heterocycles. The zero-order valence-corrected chi connectivity index (χ0v) is 10.3. The van der Waals surface area contributed by atoms with E-state index < -0.39 is 0 Å². The first-order valence-electron chi connectivity index (χ1n) is 6.10. The Morgan fingerprint density at radius 1 is 1.29 bits per heavy atom. The number of aryl methyl sites for hydroxylation is 2. The molecular formula is C14H17N3. The van der Waals surface area contributed by atoms with Crippen LogP contribution in [0.2, 0.25) is 0 Å². The van der Waals surface area contributed by atoms with Crippen LogP contribution in [0.25, 0.3) is 5.69 Å². The van der Waals surface area contributed by atoms with E-state index in [1.54, 1.807) is 0 Å². The summed E-state index contributed by atoms with van der Waals surface area (Å²) in [6.45, 7) is 2.10. The Kier molecular flexibility index (Phi) is 2.48. The van der Waals surface area contributed by atoms with Crippen molar-refractivity contribution in [3.8, 4) is 5.69 Å². The van der Waals surface area contributed by atoms with Crippen LogP contribution in [0.15, 0.2) is 30.5 Å². The summed E-state index contributed by atoms with van der Waals surface area (Å²) >= 11 is 0. The van der Waals surface area contributed by atoms with Crippen molar-refractivity contribution in [3.05, 3.63) is 47.3 Å². The summed E-state index contributed by atoms with van der Waals surface area (Å²) in [5, 5.41) is 7.88. The fraction of sp³-hybridized carbons (Fsp3) is 0.357. The van der Waals surface area contributed by atoms with Gasteiger partial charge in [-0.1, -0.05) is 17.7 Å². The van der Waals surface area contributed by atoms with Crippen LogP contribution < -0.4 is 5.32 Å². The third-order valence-electron chi connectivity index (χ3n) is 3.55. The van der Waals surface area contributed by atoms with Crippen LogP contribution in [0, 0.1) is 6.92 Å². The molecule has 1 aromatic heterocycles. The highest BCUT2D eigenvalue weighted by Gasteiger charge is 2.26. The van der Waals surface area contributed by atoms with E-state index in [4.69, 9.17) is 0 Å². The Balaban J connectivity index is 2.07. The van der Waals surface area contributed by atoms with Crippen molar-refractivity contribution in [2.75, 3.05) is 7.05 Å². The number of nitrogens with one attached hydrogen (secondary N) is 1. The van der Waals surface area contributed by atoms with E-state index in [9.17, 15) is 0 Å². The molecule has 88 valence electrons. The molecule has 0 aliphatic heterocycles. The molecule has 0 fully saturated rings. The van der Waals surface area contributed by atoms with Crippen LogP contribution in [0.5, 0.6) is 0 Å². The van der Waals surface area contributed by atoms with Crippen LogP contribution >= 0.6 is 0 Å². The molecule has 0 bridgehead atoms. The average molecular weight is 227 g/mol. The summed E-state index contributed by atoms with van der Waals surface area (Å²) in [4.78, 5) is 0. The lowest BCUT2D eigenvalue weighted by molar-refractivity contribution is 0.556. The maximum absolute atomic E-state index is 4.51. The van der Waals surface area contributed by atoms with Gasteiger partial charge in [-0.2, -0.15) is 5.10 Å². The van der Waals surface area contributed by atoms with Crippen LogP contribution in [0.4, 0.5) is 0 Å². The van der Waals surface area contributed by atoms with Crippen molar-refractivity contribution >= 4 is 0 Å². The number of benzene rings is 1. The van der Waals surface area contributed by atoms with E-state index in [0.717, 1.165) is 12.1 Å². The van der Waals surface area contributed by atoms with E-state index in [-0.39, 0.29) is 0 Å². The van der Waals surface area contributed by atoms with Gasteiger partial charge in [-0.15, -0.1) is 0 Å². The summed E-state index contributed by atoms with van der Waals surface area (Å²) in [7, 11) is 2.02. The maximum atomic E-state index is 4.51. The van der Waals surface area contributed by atoms with Gasteiger partial charge in [0.25, 0.3) is 0 Å². The second-order valence-electron chi connectivity index (χ2n) is 4.68. The highest BCUT2D eigenvalue weighted by Crippen LogP contribution is 2.32. The molecule has 0 amide bonds. The molecule has 1 aromatic carbocycles. The molecule has 1 unspecified atom stereocenters. The lowest BCUT2D eigenvalue weighted by atomic mass is 10.2. The summed E-state index contributed by atoms with van der Waals surface area (Å²) < 4.78 is 2.07. The van der Waals surface area contributed by atoms with Crippen LogP contribution in [0.1, 0.15) is 29.3 Å². The largest absolute Gasteiger partial charge is 0.312 e. The second-order valence-corrected chi connectivity index (χ2v) is 4.68. The molecule has 1 aliphatic rings. The molecule has 0 spiro atoms. The van der Waals surface area contributed by atoms with Crippen molar-refractivity contribution in [1.29, 1.82) is 0 Å². The predicted molar refractivity (Wildman–Crippen MR) is 68.4 cm³/mol. The minimum absolute atomic E-state index is 0.439. The van der Waals surface area contributed by atoms with Gasteiger partial charge in [0.05, 0.1) is 17.6 Å². The van der Waals surface area contributed by atoms with E-state index in [1.165, 1.54) is 23.2 Å². The topological polar surface area (TPSA) is 29.9 Å². The first kappa shape index (κ1) is 10.5. The SMILES string of the molecule is CNC1CCc2cnn(-c3ccc(C)cc3)c21. The van der Waals surface area contributed by atoms with E-state index in [0.29, 0.717) is 6.04 Å². The minimum Gasteiger partial charge on any atom is -0.312 e. The number of hydrogen-bond donors (Lipinski definition) is 1. The molecule has 17 heavy (non-hydrogen) atoms. The smallest absolute Gasteiger partial charge is 0.0649 e. The molecule has 3 nitrogen and oxygen atoms in total. The molecule has 0 saturated heterocycles. The fourth-order valence-electron chi connectivity index (χ4n) is 2.57. The van der Waals surface area contributed by atoms with Crippen molar-refractivity contribution in [2.45, 2.75) is 25.8 Å². The monoisotopic (exact) mass is 227 g/mol. The molecule has 1 N–H and O–H groups in total. The molecule has 1 aliphatic carbocycles. The minimum atomic E-state index is 0.439. The molecule has 3 heteroatoms. The van der Waals surface area contributed by atoms with E-state index in [1.807, 2.05) is 13.2 Å². The first-order valence-corrected chi connectivity index (χ1v) is 6.10. The maximum Gasteiger partial charge on any atom is 0.0649 e. The predicted octanol–water partition coefficient (Wildman–Crippen LogP) is 2.39. The third kappa shape index (κ3) is 1.67. The Morgan fingerprint density at radius 2 is 2.06 bits per heavy atom. The zero-order chi connectivity index (χ0) is 11.8. The number of hydrogen-bond acceptors (Lipinski definition) is 2. The van der Waals surface area contributed by atoms with Crippen molar-refractivity contribution in [3.63, 3.8) is 0 Å². The first-order chi connectivity index (χ1) is 8.29. The Hall–Kier alpha value is -1.61. The zero-order valence-electron chi connectivity index (χ0n) is 10.3. The number of fused-ring (bicyclic) bond motifs is 1. The van der Waals surface area contributed by atoms with Crippen molar-refractivity contribution in [2.24, 2.45) is 0 Å². The molecular weight excluding hydrogens is 210 g/mol. The van der Waals surface area contributed by atoms with E-state index >= 15 is 0 Å². The quantitative estimate of drug-likeness (QED) is 0.853. The molecule has 0 saturated carbocycles. The summed E-state index contributed by atoms with van der Waals surface area (Å²) in [6, 6.07) is 8.97. The number of aromatic nitrogens is 2. The van der Waals surface area contributed by atoms with Crippen LogP contribution in [-0.4, -0.2) is 16.8 Å². The third-order valence-corrected chi connectivity index (χ3v) is 3.55. The Morgan fingerprint density at radius 3 is 2.76 bits per heavy atom. The number of nitrogens with zero attached hydrogens (tertiary/aromatic N) is 2. The number of rotatable bonds is 2. The molecule has 1 atom stereocenters. The second kappa shape index (κ2) is 4.00. The molecule has 0 radical (unpaired) electrons. The van der Waals surface area contributed by atoms with Gasteiger partial charge in [0.2, 0.25) is 0 Å². The van der Waals surface area contributed by atoms with Crippen LogP contribution in [-0.2, 0) is 6.42 Å². The molecule has 3 rings (SSSR count).